The Morgan fingerprint density at radius 3 is 2.50 bits per heavy atom. The van der Waals surface area contributed by atoms with Crippen molar-refractivity contribution in [2.24, 2.45) is 0 Å². The lowest BCUT2D eigenvalue weighted by Gasteiger charge is -2.08. The highest BCUT2D eigenvalue weighted by Gasteiger charge is 2.16. The van der Waals surface area contributed by atoms with Gasteiger partial charge in [0.15, 0.2) is 11.5 Å². The first-order valence-corrected chi connectivity index (χ1v) is 8.54. The summed E-state index contributed by atoms with van der Waals surface area (Å²) < 4.78 is 17.7. The Morgan fingerprint density at radius 1 is 1.27 bits per heavy atom. The van der Waals surface area contributed by atoms with E-state index in [9.17, 15) is 5.26 Å². The van der Waals surface area contributed by atoms with E-state index in [0.29, 0.717) is 23.5 Å². The lowest BCUT2D eigenvalue weighted by atomic mass is 10.1. The fourth-order valence-corrected chi connectivity index (χ4v) is 2.69. The molecule has 1 aromatic heterocycles. The lowest BCUT2D eigenvalue weighted by molar-refractivity contribution is 0.0978. The van der Waals surface area contributed by atoms with Crippen LogP contribution in [0.2, 0.25) is 0 Å². The van der Waals surface area contributed by atoms with Crippen LogP contribution >= 0.6 is 0 Å². The maximum absolute atomic E-state index is 9.45. The third kappa shape index (κ3) is 3.92. The SMILES string of the molecule is C=C1OCOC1=CCc1c(C#N)cn(-c2ccc(OC)cc2)c1C.CC. The second-order valence-electron chi connectivity index (χ2n) is 5.39. The molecule has 0 unspecified atom stereocenters. The number of hydrogen-bond acceptors (Lipinski definition) is 4. The van der Waals surface area contributed by atoms with Gasteiger partial charge in [-0.25, -0.2) is 0 Å². The first-order valence-electron chi connectivity index (χ1n) is 8.54. The van der Waals surface area contributed by atoms with Crippen LogP contribution in [0.25, 0.3) is 5.69 Å². The molecule has 1 aliphatic rings. The smallest absolute Gasteiger partial charge is 0.231 e. The molecule has 0 atom stereocenters. The Morgan fingerprint density at radius 2 is 1.96 bits per heavy atom. The highest BCUT2D eigenvalue weighted by atomic mass is 16.7. The van der Waals surface area contributed by atoms with Gasteiger partial charge in [-0.05, 0) is 49.2 Å². The number of methoxy groups -OCH3 is 1. The third-order valence-corrected chi connectivity index (χ3v) is 4.07. The summed E-state index contributed by atoms with van der Waals surface area (Å²) in [7, 11) is 1.64. The zero-order valence-corrected chi connectivity index (χ0v) is 15.7. The molecule has 26 heavy (non-hydrogen) atoms. The van der Waals surface area contributed by atoms with Crippen molar-refractivity contribution < 1.29 is 14.2 Å². The van der Waals surface area contributed by atoms with E-state index in [1.165, 1.54) is 0 Å². The molecule has 1 saturated heterocycles. The third-order valence-electron chi connectivity index (χ3n) is 4.07. The van der Waals surface area contributed by atoms with E-state index in [1.54, 1.807) is 7.11 Å². The van der Waals surface area contributed by atoms with Crippen molar-refractivity contribution in [2.45, 2.75) is 27.2 Å². The maximum atomic E-state index is 9.45. The van der Waals surface area contributed by atoms with Crippen LogP contribution in [0, 0.1) is 18.3 Å². The van der Waals surface area contributed by atoms with Gasteiger partial charge in [-0.2, -0.15) is 5.26 Å². The van der Waals surface area contributed by atoms with Crippen molar-refractivity contribution in [1.82, 2.24) is 4.57 Å². The molecule has 2 heterocycles. The minimum Gasteiger partial charge on any atom is -0.497 e. The van der Waals surface area contributed by atoms with E-state index in [0.717, 1.165) is 22.7 Å². The molecule has 2 aromatic rings. The first kappa shape index (κ1) is 19.2. The van der Waals surface area contributed by atoms with Gasteiger partial charge in [0, 0.05) is 17.6 Å². The highest BCUT2D eigenvalue weighted by Crippen LogP contribution is 2.25. The van der Waals surface area contributed by atoms with E-state index >= 15 is 0 Å². The molecule has 3 rings (SSSR count). The zero-order chi connectivity index (χ0) is 19.1. The standard InChI is InChI=1S/C19H18N2O3.C2H6/c1-13-18(8-9-19-14(2)23-12-24-19)15(10-20)11-21(13)16-4-6-17(22-3)7-5-16;1-2/h4-7,9,11H,2,8,12H2,1,3H3;1-2H3. The summed E-state index contributed by atoms with van der Waals surface area (Å²) in [6.45, 7) is 9.98. The quantitative estimate of drug-likeness (QED) is 0.804. The van der Waals surface area contributed by atoms with Crippen LogP contribution in [0.4, 0.5) is 0 Å². The summed E-state index contributed by atoms with van der Waals surface area (Å²) in [6, 6.07) is 9.99. The molecule has 0 amide bonds. The Balaban J connectivity index is 0.00000117. The van der Waals surface area contributed by atoms with Gasteiger partial charge in [0.2, 0.25) is 6.79 Å². The molecule has 0 aliphatic carbocycles. The van der Waals surface area contributed by atoms with E-state index in [-0.39, 0.29) is 6.79 Å². The van der Waals surface area contributed by atoms with E-state index < -0.39 is 0 Å². The van der Waals surface area contributed by atoms with Crippen molar-refractivity contribution >= 4 is 0 Å². The molecule has 0 N–H and O–H groups in total. The molecule has 0 bridgehead atoms. The monoisotopic (exact) mass is 352 g/mol. The summed E-state index contributed by atoms with van der Waals surface area (Å²) in [5, 5.41) is 9.45. The lowest BCUT2D eigenvalue weighted by Crippen LogP contribution is -1.97. The molecule has 1 fully saturated rings. The van der Waals surface area contributed by atoms with Crippen molar-refractivity contribution in [1.29, 1.82) is 5.26 Å². The number of aromatic nitrogens is 1. The fraction of sp³-hybridized carbons (Fsp3) is 0.286. The molecule has 1 aromatic carbocycles. The number of allylic oxidation sites excluding steroid dienone is 1. The van der Waals surface area contributed by atoms with Crippen LogP contribution in [0.5, 0.6) is 5.75 Å². The van der Waals surface area contributed by atoms with Crippen LogP contribution in [-0.4, -0.2) is 18.5 Å². The number of benzene rings is 1. The summed E-state index contributed by atoms with van der Waals surface area (Å²) in [6.07, 6.45) is 4.33. The predicted molar refractivity (Wildman–Crippen MR) is 101 cm³/mol. The Bertz CT molecular complexity index is 839. The van der Waals surface area contributed by atoms with E-state index in [2.05, 4.69) is 12.6 Å². The Kier molecular flexibility index (Phi) is 6.51. The molecule has 136 valence electrons. The molecule has 5 nitrogen and oxygen atoms in total. The van der Waals surface area contributed by atoms with Gasteiger partial charge in [-0.3, -0.25) is 0 Å². The molecular weight excluding hydrogens is 328 g/mol. The normalized spacial score (nSPS) is 14.1. The van der Waals surface area contributed by atoms with Crippen LogP contribution < -0.4 is 4.74 Å². The average Bonchev–Trinajstić information content (AvgIpc) is 3.24. The predicted octanol–water partition coefficient (Wildman–Crippen LogP) is 4.64. The van der Waals surface area contributed by atoms with Crippen molar-refractivity contribution in [2.75, 3.05) is 13.9 Å². The van der Waals surface area contributed by atoms with Gasteiger partial charge in [-0.1, -0.05) is 20.4 Å². The molecule has 0 spiro atoms. The summed E-state index contributed by atoms with van der Waals surface area (Å²) in [5.41, 5.74) is 3.60. The number of rotatable bonds is 4. The van der Waals surface area contributed by atoms with Gasteiger partial charge >= 0.3 is 0 Å². The topological polar surface area (TPSA) is 56.4 Å². The second kappa shape index (κ2) is 8.82. The minimum absolute atomic E-state index is 0.196. The summed E-state index contributed by atoms with van der Waals surface area (Å²) >= 11 is 0. The van der Waals surface area contributed by atoms with Gasteiger partial charge < -0.3 is 18.8 Å². The van der Waals surface area contributed by atoms with Gasteiger partial charge in [-0.15, -0.1) is 0 Å². The average molecular weight is 352 g/mol. The van der Waals surface area contributed by atoms with E-state index in [4.69, 9.17) is 14.2 Å². The molecule has 0 saturated carbocycles. The number of hydrogen-bond donors (Lipinski definition) is 0. The zero-order valence-electron chi connectivity index (χ0n) is 15.7. The fourth-order valence-electron chi connectivity index (χ4n) is 2.69. The van der Waals surface area contributed by atoms with Gasteiger partial charge in [0.25, 0.3) is 0 Å². The van der Waals surface area contributed by atoms with Crippen molar-refractivity contribution in [3.05, 3.63) is 71.5 Å². The molecule has 5 heteroatoms. The number of ether oxygens (including phenoxy) is 3. The van der Waals surface area contributed by atoms with Crippen LogP contribution in [-0.2, 0) is 15.9 Å². The highest BCUT2D eigenvalue weighted by molar-refractivity contribution is 5.48. The Labute approximate surface area is 154 Å². The number of nitriles is 1. The molecule has 0 radical (unpaired) electrons. The summed E-state index contributed by atoms with van der Waals surface area (Å²) in [5.74, 6) is 1.96. The Hall–Kier alpha value is -3.13. The van der Waals surface area contributed by atoms with Crippen molar-refractivity contribution in [3.8, 4) is 17.5 Å². The van der Waals surface area contributed by atoms with Crippen molar-refractivity contribution in [3.63, 3.8) is 0 Å². The minimum atomic E-state index is 0.196. The van der Waals surface area contributed by atoms with Gasteiger partial charge in [0.1, 0.15) is 11.8 Å². The van der Waals surface area contributed by atoms with Gasteiger partial charge in [0.05, 0.1) is 12.7 Å². The second-order valence-corrected chi connectivity index (χ2v) is 5.39. The first-order chi connectivity index (χ1) is 12.6. The van der Waals surface area contributed by atoms with Crippen LogP contribution in [0.15, 0.2) is 54.6 Å². The maximum Gasteiger partial charge on any atom is 0.231 e. The number of nitrogens with zero attached hydrogens (tertiary/aromatic N) is 2. The van der Waals surface area contributed by atoms with Crippen LogP contribution in [0.1, 0.15) is 30.7 Å². The summed E-state index contributed by atoms with van der Waals surface area (Å²) in [4.78, 5) is 0. The largest absolute Gasteiger partial charge is 0.497 e. The molecular formula is C21H24N2O3. The molecule has 1 aliphatic heterocycles. The van der Waals surface area contributed by atoms with Crippen LogP contribution in [0.3, 0.4) is 0 Å². The van der Waals surface area contributed by atoms with E-state index in [1.807, 2.05) is 61.9 Å².